The Hall–Kier alpha value is -3.10. The van der Waals surface area contributed by atoms with Gasteiger partial charge >= 0.3 is 0 Å². The Bertz CT molecular complexity index is 763. The molecule has 0 unspecified atom stereocenters. The molecular weight excluding hydrogens is 314 g/mol. The maximum Gasteiger partial charge on any atom is 0.238 e. The molecule has 5 nitrogen and oxygen atoms in total. The minimum atomic E-state index is -0.122. The Morgan fingerprint density at radius 3 is 2.76 bits per heavy atom. The molecule has 0 aliphatic rings. The van der Waals surface area contributed by atoms with Crippen LogP contribution in [0.4, 0.5) is 5.69 Å². The number of hydrogen-bond acceptors (Lipinski definition) is 4. The van der Waals surface area contributed by atoms with Gasteiger partial charge in [-0.25, -0.2) is 0 Å². The third-order valence-corrected chi connectivity index (χ3v) is 3.43. The molecule has 25 heavy (non-hydrogen) atoms. The summed E-state index contributed by atoms with van der Waals surface area (Å²) in [6.07, 6.45) is 1.70. The first-order valence-electron chi connectivity index (χ1n) is 7.92. The second kappa shape index (κ2) is 9.26. The second-order valence-electron chi connectivity index (χ2n) is 5.66. The average Bonchev–Trinajstić information content (AvgIpc) is 2.61. The summed E-state index contributed by atoms with van der Waals surface area (Å²) in [6.45, 7) is 4.99. The number of amides is 1. The van der Waals surface area contributed by atoms with Crippen LogP contribution in [0.15, 0.2) is 61.2 Å². The molecule has 1 amide bonds. The van der Waals surface area contributed by atoms with Crippen molar-refractivity contribution in [3.05, 3.63) is 72.3 Å². The maximum absolute atomic E-state index is 12.1. The highest BCUT2D eigenvalue weighted by atomic mass is 16.5. The quantitative estimate of drug-likeness (QED) is 0.753. The highest BCUT2D eigenvalue weighted by Crippen LogP contribution is 2.14. The molecule has 0 aromatic heterocycles. The molecule has 0 atom stereocenters. The molecule has 0 saturated carbocycles. The minimum absolute atomic E-state index is 0.122. The molecule has 5 heteroatoms. The summed E-state index contributed by atoms with van der Waals surface area (Å²) < 4.78 is 5.45. The Balaban J connectivity index is 1.84. The summed E-state index contributed by atoms with van der Waals surface area (Å²) >= 11 is 0. The first-order valence-corrected chi connectivity index (χ1v) is 7.92. The number of carbonyl (C=O) groups is 1. The fourth-order valence-corrected chi connectivity index (χ4v) is 2.33. The van der Waals surface area contributed by atoms with Gasteiger partial charge in [0.05, 0.1) is 18.2 Å². The van der Waals surface area contributed by atoms with Crippen LogP contribution < -0.4 is 10.1 Å². The van der Waals surface area contributed by atoms with Gasteiger partial charge in [0.25, 0.3) is 0 Å². The summed E-state index contributed by atoms with van der Waals surface area (Å²) in [5.74, 6) is 0.671. The van der Waals surface area contributed by atoms with Crippen molar-refractivity contribution in [3.63, 3.8) is 0 Å². The van der Waals surface area contributed by atoms with Crippen LogP contribution in [-0.4, -0.2) is 31.0 Å². The van der Waals surface area contributed by atoms with Crippen LogP contribution >= 0.6 is 0 Å². The summed E-state index contributed by atoms with van der Waals surface area (Å²) in [6, 6.07) is 16.7. The lowest BCUT2D eigenvalue weighted by Gasteiger charge is -2.16. The normalized spacial score (nSPS) is 10.1. The van der Waals surface area contributed by atoms with Crippen molar-refractivity contribution in [2.45, 2.75) is 6.54 Å². The van der Waals surface area contributed by atoms with Gasteiger partial charge in [0, 0.05) is 12.2 Å². The third kappa shape index (κ3) is 6.13. The van der Waals surface area contributed by atoms with Crippen molar-refractivity contribution in [2.24, 2.45) is 0 Å². The van der Waals surface area contributed by atoms with E-state index in [2.05, 4.69) is 18.0 Å². The molecule has 0 bridgehead atoms. The molecule has 1 N–H and O–H groups in total. The predicted octanol–water partition coefficient (Wildman–Crippen LogP) is 3.19. The summed E-state index contributed by atoms with van der Waals surface area (Å²) in [5, 5.41) is 11.7. The van der Waals surface area contributed by atoms with E-state index in [9.17, 15) is 4.79 Å². The van der Waals surface area contributed by atoms with Gasteiger partial charge in [0.2, 0.25) is 5.91 Å². The van der Waals surface area contributed by atoms with E-state index in [0.29, 0.717) is 24.4 Å². The van der Waals surface area contributed by atoms with Crippen LogP contribution in [0.5, 0.6) is 5.75 Å². The average molecular weight is 335 g/mol. The van der Waals surface area contributed by atoms with Gasteiger partial charge in [-0.05, 0) is 42.9 Å². The second-order valence-corrected chi connectivity index (χ2v) is 5.66. The highest BCUT2D eigenvalue weighted by molar-refractivity contribution is 5.92. The summed E-state index contributed by atoms with van der Waals surface area (Å²) in [5.41, 5.74) is 2.24. The largest absolute Gasteiger partial charge is 0.490 e. The minimum Gasteiger partial charge on any atom is -0.490 e. The van der Waals surface area contributed by atoms with Crippen molar-refractivity contribution in [1.29, 1.82) is 5.26 Å². The zero-order chi connectivity index (χ0) is 18.1. The molecule has 2 aromatic carbocycles. The van der Waals surface area contributed by atoms with E-state index in [0.717, 1.165) is 11.3 Å². The highest BCUT2D eigenvalue weighted by Gasteiger charge is 2.08. The third-order valence-electron chi connectivity index (χ3n) is 3.43. The maximum atomic E-state index is 12.1. The van der Waals surface area contributed by atoms with E-state index in [-0.39, 0.29) is 12.5 Å². The smallest absolute Gasteiger partial charge is 0.238 e. The van der Waals surface area contributed by atoms with Crippen LogP contribution in [0.1, 0.15) is 11.1 Å². The zero-order valence-corrected chi connectivity index (χ0v) is 14.2. The van der Waals surface area contributed by atoms with Crippen molar-refractivity contribution in [2.75, 3.05) is 25.5 Å². The van der Waals surface area contributed by atoms with E-state index < -0.39 is 0 Å². The van der Waals surface area contributed by atoms with Gasteiger partial charge in [-0.1, -0.05) is 30.9 Å². The van der Waals surface area contributed by atoms with E-state index in [4.69, 9.17) is 10.00 Å². The van der Waals surface area contributed by atoms with E-state index in [1.54, 1.807) is 30.3 Å². The van der Waals surface area contributed by atoms with Crippen molar-refractivity contribution < 1.29 is 9.53 Å². The summed E-state index contributed by atoms with van der Waals surface area (Å²) in [4.78, 5) is 14.0. The molecule has 0 aliphatic carbocycles. The number of likely N-dealkylation sites (N-methyl/N-ethyl adjacent to an activating group) is 1. The Kier molecular flexibility index (Phi) is 6.76. The number of nitrogens with one attached hydrogen (secondary N) is 1. The van der Waals surface area contributed by atoms with Crippen LogP contribution in [0, 0.1) is 11.3 Å². The molecular formula is C20H21N3O2. The molecule has 0 fully saturated rings. The standard InChI is InChI=1S/C20H21N3O2/c1-3-11-25-19-9-7-16(8-10-19)14-23(2)15-20(24)22-18-6-4-5-17(12-18)13-21/h3-10,12H,1,11,14-15H2,2H3,(H,22,24). The molecule has 128 valence electrons. The van der Waals surface area contributed by atoms with E-state index in [1.807, 2.05) is 36.2 Å². The zero-order valence-electron chi connectivity index (χ0n) is 14.2. The first kappa shape index (κ1) is 18.2. The Labute approximate surface area is 148 Å². The lowest BCUT2D eigenvalue weighted by Crippen LogP contribution is -2.29. The Morgan fingerprint density at radius 2 is 2.08 bits per heavy atom. The molecule has 0 aliphatic heterocycles. The van der Waals surface area contributed by atoms with Crippen molar-refractivity contribution in [3.8, 4) is 11.8 Å². The first-order chi connectivity index (χ1) is 12.1. The van der Waals surface area contributed by atoms with Crippen LogP contribution in [-0.2, 0) is 11.3 Å². The number of ether oxygens (including phenoxy) is 1. The SMILES string of the molecule is C=CCOc1ccc(CN(C)CC(=O)Nc2cccc(C#N)c2)cc1. The molecule has 0 radical (unpaired) electrons. The number of hydrogen-bond donors (Lipinski definition) is 1. The predicted molar refractivity (Wildman–Crippen MR) is 98.3 cm³/mol. The number of nitrogens with zero attached hydrogens (tertiary/aromatic N) is 2. The lowest BCUT2D eigenvalue weighted by atomic mass is 10.2. The Morgan fingerprint density at radius 1 is 1.32 bits per heavy atom. The number of rotatable bonds is 8. The van der Waals surface area contributed by atoms with Crippen molar-refractivity contribution in [1.82, 2.24) is 4.90 Å². The number of nitriles is 1. The molecule has 0 saturated heterocycles. The molecule has 0 heterocycles. The van der Waals surface area contributed by atoms with E-state index in [1.165, 1.54) is 0 Å². The number of benzene rings is 2. The number of anilines is 1. The van der Waals surface area contributed by atoms with Crippen molar-refractivity contribution >= 4 is 11.6 Å². The van der Waals surface area contributed by atoms with Gasteiger partial charge in [-0.2, -0.15) is 5.26 Å². The van der Waals surface area contributed by atoms with Gasteiger partial charge in [-0.15, -0.1) is 0 Å². The fourth-order valence-electron chi connectivity index (χ4n) is 2.33. The fraction of sp³-hybridized carbons (Fsp3) is 0.200. The molecule has 2 aromatic rings. The van der Waals surface area contributed by atoms with Gasteiger partial charge < -0.3 is 10.1 Å². The molecule has 2 rings (SSSR count). The monoisotopic (exact) mass is 335 g/mol. The van der Waals surface area contributed by atoms with Gasteiger partial charge in [0.15, 0.2) is 0 Å². The topological polar surface area (TPSA) is 65.4 Å². The van der Waals surface area contributed by atoms with Crippen LogP contribution in [0.2, 0.25) is 0 Å². The van der Waals surface area contributed by atoms with Crippen LogP contribution in [0.3, 0.4) is 0 Å². The molecule has 0 spiro atoms. The summed E-state index contributed by atoms with van der Waals surface area (Å²) in [7, 11) is 1.88. The van der Waals surface area contributed by atoms with Gasteiger partial charge in [-0.3, -0.25) is 9.69 Å². The lowest BCUT2D eigenvalue weighted by molar-refractivity contribution is -0.117. The van der Waals surface area contributed by atoms with Gasteiger partial charge in [0.1, 0.15) is 12.4 Å². The number of carbonyl (C=O) groups excluding carboxylic acids is 1. The van der Waals surface area contributed by atoms with Crippen LogP contribution in [0.25, 0.3) is 0 Å². The van der Waals surface area contributed by atoms with E-state index >= 15 is 0 Å².